The molecule has 0 radical (unpaired) electrons. The van der Waals surface area contributed by atoms with E-state index in [4.69, 9.17) is 4.74 Å². The monoisotopic (exact) mass is 480 g/mol. The minimum atomic E-state index is -0.334. The van der Waals surface area contributed by atoms with E-state index in [1.165, 1.54) is 23.1 Å². The highest BCUT2D eigenvalue weighted by molar-refractivity contribution is 8.02. The maximum absolute atomic E-state index is 12.7. The van der Waals surface area contributed by atoms with Crippen molar-refractivity contribution in [3.63, 3.8) is 0 Å². The quantitative estimate of drug-likeness (QED) is 0.320. The molecule has 2 aromatic carbocycles. The van der Waals surface area contributed by atoms with Gasteiger partial charge in [-0.1, -0.05) is 41.3 Å². The molecule has 0 saturated carbocycles. The van der Waals surface area contributed by atoms with Gasteiger partial charge in [-0.3, -0.25) is 9.48 Å². The summed E-state index contributed by atoms with van der Waals surface area (Å²) in [4.78, 5) is 12.7. The van der Waals surface area contributed by atoms with Crippen LogP contribution in [-0.2, 0) is 11.8 Å². The number of carbonyl (C=O) groups is 1. The van der Waals surface area contributed by atoms with Gasteiger partial charge in [0.25, 0.3) is 0 Å². The highest BCUT2D eigenvalue weighted by atomic mass is 32.2. The van der Waals surface area contributed by atoms with Crippen LogP contribution in [0.2, 0.25) is 0 Å². The Hall–Kier alpha value is -3.37. The van der Waals surface area contributed by atoms with Gasteiger partial charge in [-0.25, -0.2) is 0 Å². The molecule has 0 saturated heterocycles. The number of anilines is 3. The molecule has 0 spiro atoms. The maximum Gasteiger partial charge on any atom is 0.237 e. The molecule has 0 aliphatic rings. The summed E-state index contributed by atoms with van der Waals surface area (Å²) < 4.78 is 8.28. The minimum Gasteiger partial charge on any atom is -0.457 e. The summed E-state index contributed by atoms with van der Waals surface area (Å²) in [7, 11) is 1.86. The molecule has 2 aromatic heterocycles. The molecule has 0 fully saturated rings. The average Bonchev–Trinajstić information content (AvgIpc) is 3.34. The van der Waals surface area contributed by atoms with Gasteiger partial charge in [0.05, 0.1) is 22.3 Å². The lowest BCUT2D eigenvalue weighted by Gasteiger charge is -2.10. The first-order chi connectivity index (χ1) is 15.9. The molecule has 1 atom stereocenters. The third-order valence-electron chi connectivity index (χ3n) is 4.89. The van der Waals surface area contributed by atoms with Crippen LogP contribution < -0.4 is 15.4 Å². The van der Waals surface area contributed by atoms with E-state index in [0.717, 1.165) is 34.3 Å². The number of rotatable bonds is 8. The predicted octanol–water partition coefficient (Wildman–Crippen LogP) is 5.54. The van der Waals surface area contributed by atoms with Crippen LogP contribution in [0.3, 0.4) is 0 Å². The molecular weight excluding hydrogens is 456 g/mol. The van der Waals surface area contributed by atoms with Gasteiger partial charge in [-0.2, -0.15) is 5.10 Å². The van der Waals surface area contributed by atoms with E-state index in [9.17, 15) is 4.79 Å². The maximum atomic E-state index is 12.7. The molecule has 0 aliphatic carbocycles. The Morgan fingerprint density at radius 1 is 1.06 bits per heavy atom. The number of aryl methyl sites for hydroxylation is 2. The van der Waals surface area contributed by atoms with E-state index in [1.54, 1.807) is 4.68 Å². The first-order valence-corrected chi connectivity index (χ1v) is 12.0. The summed E-state index contributed by atoms with van der Waals surface area (Å²) in [6.07, 6.45) is 0. The van der Waals surface area contributed by atoms with Gasteiger partial charge in [0.2, 0.25) is 11.0 Å². The normalized spacial score (nSPS) is 11.8. The number of ether oxygens (including phenoxy) is 1. The molecule has 33 heavy (non-hydrogen) atoms. The number of hydrogen-bond acceptors (Lipinski definition) is 8. The lowest BCUT2D eigenvalue weighted by Crippen LogP contribution is -2.23. The first-order valence-electron chi connectivity index (χ1n) is 10.3. The number of nitrogens with one attached hydrogen (secondary N) is 2. The Morgan fingerprint density at radius 2 is 1.76 bits per heavy atom. The second-order valence-corrected chi connectivity index (χ2v) is 9.92. The van der Waals surface area contributed by atoms with Crippen molar-refractivity contribution in [3.8, 4) is 11.5 Å². The fourth-order valence-electron chi connectivity index (χ4n) is 3.05. The number of carbonyl (C=O) groups excluding carboxylic acids is 1. The van der Waals surface area contributed by atoms with E-state index >= 15 is 0 Å². The van der Waals surface area contributed by atoms with Crippen LogP contribution >= 0.6 is 23.1 Å². The molecular formula is C23H24N6O2S2. The van der Waals surface area contributed by atoms with E-state index in [1.807, 2.05) is 82.4 Å². The lowest BCUT2D eigenvalue weighted by molar-refractivity contribution is -0.115. The summed E-state index contributed by atoms with van der Waals surface area (Å²) in [5, 5.41) is 19.3. The van der Waals surface area contributed by atoms with Crippen LogP contribution in [0.5, 0.6) is 11.5 Å². The van der Waals surface area contributed by atoms with Crippen LogP contribution in [0.15, 0.2) is 58.9 Å². The largest absolute Gasteiger partial charge is 0.457 e. The van der Waals surface area contributed by atoms with Crippen molar-refractivity contribution in [1.82, 2.24) is 20.0 Å². The summed E-state index contributed by atoms with van der Waals surface area (Å²) in [6, 6.07) is 17.2. The number of benzene rings is 2. The predicted molar refractivity (Wildman–Crippen MR) is 133 cm³/mol. The highest BCUT2D eigenvalue weighted by Crippen LogP contribution is 2.32. The molecule has 8 nitrogen and oxygen atoms in total. The van der Waals surface area contributed by atoms with Crippen molar-refractivity contribution >= 4 is 45.5 Å². The van der Waals surface area contributed by atoms with Gasteiger partial charge in [0.15, 0.2) is 4.34 Å². The van der Waals surface area contributed by atoms with Crippen LogP contribution in [0, 0.1) is 13.8 Å². The molecule has 4 rings (SSSR count). The Morgan fingerprint density at radius 3 is 2.42 bits per heavy atom. The third kappa shape index (κ3) is 5.71. The topological polar surface area (TPSA) is 94.0 Å². The molecule has 2 N–H and O–H groups in total. The Kier molecular flexibility index (Phi) is 6.95. The molecule has 10 heteroatoms. The Balaban J connectivity index is 1.32. The average molecular weight is 481 g/mol. The van der Waals surface area contributed by atoms with Gasteiger partial charge in [-0.05, 0) is 57.2 Å². The standard InChI is InChI=1S/C23H24N6O2S2/c1-14-20(15(2)29(4)28-14)25-21(30)16(3)32-23-27-26-22(33-23)24-17-10-12-19(13-11-17)31-18-8-6-5-7-9-18/h5-13,16H,1-4H3,(H,24,26)(H,25,30)/t16-/m0/s1. The van der Waals surface area contributed by atoms with Crippen LogP contribution in [-0.4, -0.2) is 31.1 Å². The van der Waals surface area contributed by atoms with Gasteiger partial charge >= 0.3 is 0 Å². The lowest BCUT2D eigenvalue weighted by atomic mass is 10.3. The zero-order chi connectivity index (χ0) is 23.4. The summed E-state index contributed by atoms with van der Waals surface area (Å²) in [6.45, 7) is 5.65. The molecule has 4 aromatic rings. The van der Waals surface area contributed by atoms with Crippen LogP contribution in [0.25, 0.3) is 0 Å². The van der Waals surface area contributed by atoms with E-state index in [0.29, 0.717) is 9.47 Å². The number of thioether (sulfide) groups is 1. The minimum absolute atomic E-state index is 0.0992. The van der Waals surface area contributed by atoms with Gasteiger partial charge in [0, 0.05) is 12.7 Å². The molecule has 170 valence electrons. The van der Waals surface area contributed by atoms with E-state index < -0.39 is 0 Å². The second kappa shape index (κ2) is 10.1. The first kappa shape index (κ1) is 22.8. The highest BCUT2D eigenvalue weighted by Gasteiger charge is 2.20. The summed E-state index contributed by atoms with van der Waals surface area (Å²) >= 11 is 2.77. The Labute approximate surface area is 200 Å². The van der Waals surface area contributed by atoms with Crippen LogP contribution in [0.1, 0.15) is 18.3 Å². The molecule has 1 amide bonds. The van der Waals surface area contributed by atoms with E-state index in [2.05, 4.69) is 25.9 Å². The number of para-hydroxylation sites is 1. The number of aromatic nitrogens is 4. The second-order valence-electron chi connectivity index (χ2n) is 7.36. The van der Waals surface area contributed by atoms with Crippen molar-refractivity contribution in [2.75, 3.05) is 10.6 Å². The summed E-state index contributed by atoms with van der Waals surface area (Å²) in [5.41, 5.74) is 3.34. The van der Waals surface area contributed by atoms with Gasteiger partial charge in [0.1, 0.15) is 11.5 Å². The SMILES string of the molecule is Cc1nn(C)c(C)c1NC(=O)[C@H](C)Sc1nnc(Nc2ccc(Oc3ccccc3)cc2)s1. The zero-order valence-corrected chi connectivity index (χ0v) is 20.3. The van der Waals surface area contributed by atoms with Crippen molar-refractivity contribution in [3.05, 3.63) is 66.0 Å². The molecule has 0 unspecified atom stereocenters. The number of amides is 1. The van der Waals surface area contributed by atoms with Crippen molar-refractivity contribution in [1.29, 1.82) is 0 Å². The third-order valence-corrected chi connectivity index (χ3v) is 6.92. The van der Waals surface area contributed by atoms with Gasteiger partial charge < -0.3 is 15.4 Å². The van der Waals surface area contributed by atoms with Gasteiger partial charge in [-0.15, -0.1) is 10.2 Å². The van der Waals surface area contributed by atoms with E-state index in [-0.39, 0.29) is 11.2 Å². The van der Waals surface area contributed by atoms with Crippen molar-refractivity contribution in [2.45, 2.75) is 30.4 Å². The summed E-state index contributed by atoms with van der Waals surface area (Å²) in [5.74, 6) is 1.44. The van der Waals surface area contributed by atoms with Crippen molar-refractivity contribution in [2.24, 2.45) is 7.05 Å². The molecule has 0 aliphatic heterocycles. The molecule has 2 heterocycles. The fourth-order valence-corrected chi connectivity index (χ4v) is 4.96. The number of hydrogen-bond donors (Lipinski definition) is 2. The molecule has 0 bridgehead atoms. The van der Waals surface area contributed by atoms with Crippen molar-refractivity contribution < 1.29 is 9.53 Å². The zero-order valence-electron chi connectivity index (χ0n) is 18.7. The Bertz CT molecular complexity index is 1240. The smallest absolute Gasteiger partial charge is 0.237 e. The van der Waals surface area contributed by atoms with Crippen LogP contribution in [0.4, 0.5) is 16.5 Å². The fraction of sp³-hybridized carbons (Fsp3) is 0.217. The number of nitrogens with zero attached hydrogens (tertiary/aromatic N) is 4.